The van der Waals surface area contributed by atoms with Crippen molar-refractivity contribution >= 4 is 22.1 Å². The van der Waals surface area contributed by atoms with Gasteiger partial charge in [-0.15, -0.1) is 0 Å². The number of ether oxygens (including phenoxy) is 2. The van der Waals surface area contributed by atoms with Crippen LogP contribution in [0.3, 0.4) is 0 Å². The van der Waals surface area contributed by atoms with Crippen LogP contribution in [0.25, 0.3) is 16.7 Å². The van der Waals surface area contributed by atoms with E-state index in [4.69, 9.17) is 13.7 Å². The minimum Gasteiger partial charge on any atom is -0.496 e. The predicted molar refractivity (Wildman–Crippen MR) is 154 cm³/mol. The quantitative estimate of drug-likeness (QED) is 0.265. The van der Waals surface area contributed by atoms with Crippen LogP contribution < -0.4 is 19.0 Å². The summed E-state index contributed by atoms with van der Waals surface area (Å²) in [4.78, 5) is 0. The fourth-order valence-corrected chi connectivity index (χ4v) is 5.24. The molecule has 0 amide bonds. The van der Waals surface area contributed by atoms with Crippen LogP contribution in [0.1, 0.15) is 51.3 Å². The molecule has 1 heterocycles. The minimum absolute atomic E-state index is 0.200. The number of nitrogens with one attached hydrogen (secondary N) is 1. The summed E-state index contributed by atoms with van der Waals surface area (Å²) in [6.45, 7) is 11.8. The first kappa shape index (κ1) is 27.8. The Labute approximate surface area is 226 Å². The Kier molecular flexibility index (Phi) is 7.70. The zero-order chi connectivity index (χ0) is 27.8. The number of allylic oxidation sites excluding steroid dienone is 1. The number of aryl methyl sites for hydroxylation is 1. The van der Waals surface area contributed by atoms with Gasteiger partial charge in [-0.1, -0.05) is 18.2 Å². The molecule has 0 saturated heterocycles. The number of hydrogen-bond donors (Lipinski definition) is 3. The van der Waals surface area contributed by atoms with Crippen molar-refractivity contribution in [2.75, 3.05) is 12.4 Å². The second kappa shape index (κ2) is 10.5. The number of benzene rings is 3. The standard InChI is InChI=1S/C30H36FNO5S/c1-18(2)38(33,34)37-22-10-11-24(28(15-22)35-7)23-12-13-26-29(20(4)16-30(5,6)32-26)25(23)17-36-27-14-21(31)9-8-19(27)3/h8-16,18,32-34H,17H2,1-7H3. The Bertz CT molecular complexity index is 1380. The monoisotopic (exact) mass is 541 g/mol. The van der Waals surface area contributed by atoms with E-state index < -0.39 is 16.1 Å². The molecule has 1 aliphatic heterocycles. The van der Waals surface area contributed by atoms with Crippen LogP contribution >= 0.6 is 10.9 Å². The van der Waals surface area contributed by atoms with Gasteiger partial charge in [0.05, 0.1) is 17.9 Å². The molecule has 3 aromatic carbocycles. The summed E-state index contributed by atoms with van der Waals surface area (Å²) in [5, 5.41) is 3.12. The Morgan fingerprint density at radius 3 is 2.37 bits per heavy atom. The lowest BCUT2D eigenvalue weighted by Gasteiger charge is -2.33. The average molecular weight is 542 g/mol. The van der Waals surface area contributed by atoms with E-state index in [1.54, 1.807) is 39.2 Å². The molecule has 1 aliphatic rings. The molecule has 8 heteroatoms. The van der Waals surface area contributed by atoms with E-state index in [0.29, 0.717) is 17.2 Å². The first-order valence-corrected chi connectivity index (χ1v) is 14.0. The van der Waals surface area contributed by atoms with Gasteiger partial charge in [0, 0.05) is 34.5 Å². The van der Waals surface area contributed by atoms with Crippen molar-refractivity contribution < 1.29 is 27.2 Å². The molecule has 0 fully saturated rings. The van der Waals surface area contributed by atoms with E-state index >= 15 is 0 Å². The Hall–Kier alpha value is -3.20. The van der Waals surface area contributed by atoms with Gasteiger partial charge in [-0.05, 0) is 82.5 Å². The average Bonchev–Trinajstić information content (AvgIpc) is 2.83. The second-order valence-electron chi connectivity index (χ2n) is 10.4. The Morgan fingerprint density at radius 2 is 1.68 bits per heavy atom. The van der Waals surface area contributed by atoms with Crippen LogP contribution in [-0.4, -0.2) is 27.0 Å². The zero-order valence-electron chi connectivity index (χ0n) is 22.9. The van der Waals surface area contributed by atoms with Crippen LogP contribution in [0.4, 0.5) is 10.1 Å². The third-order valence-electron chi connectivity index (χ3n) is 6.56. The lowest BCUT2D eigenvalue weighted by molar-refractivity contribution is 0.302. The molecule has 38 heavy (non-hydrogen) atoms. The molecule has 0 bridgehead atoms. The Morgan fingerprint density at radius 1 is 0.974 bits per heavy atom. The van der Waals surface area contributed by atoms with Crippen molar-refractivity contribution in [3.05, 3.63) is 77.1 Å². The topological polar surface area (TPSA) is 80.2 Å². The summed E-state index contributed by atoms with van der Waals surface area (Å²) in [5.41, 5.74) is 6.32. The molecule has 3 aromatic rings. The molecular formula is C30H36FNO5S. The van der Waals surface area contributed by atoms with Crippen LogP contribution in [-0.2, 0) is 6.61 Å². The summed E-state index contributed by atoms with van der Waals surface area (Å²) in [5.74, 6) is 0.930. The maximum atomic E-state index is 14.0. The lowest BCUT2D eigenvalue weighted by Crippen LogP contribution is -2.32. The molecule has 0 saturated carbocycles. The van der Waals surface area contributed by atoms with Crippen molar-refractivity contribution in [3.63, 3.8) is 0 Å². The molecule has 0 aliphatic carbocycles. The fourth-order valence-electron chi connectivity index (χ4n) is 4.66. The zero-order valence-corrected chi connectivity index (χ0v) is 23.7. The molecule has 204 valence electrons. The van der Waals surface area contributed by atoms with Gasteiger partial charge in [0.2, 0.25) is 0 Å². The van der Waals surface area contributed by atoms with Gasteiger partial charge in [-0.3, -0.25) is 9.11 Å². The maximum absolute atomic E-state index is 14.0. The van der Waals surface area contributed by atoms with Crippen molar-refractivity contribution in [1.29, 1.82) is 0 Å². The molecule has 0 spiro atoms. The Balaban J connectivity index is 1.83. The fraction of sp³-hybridized carbons (Fsp3) is 0.333. The highest BCUT2D eigenvalue weighted by molar-refractivity contribution is 8.21. The highest BCUT2D eigenvalue weighted by atomic mass is 32.3. The number of fused-ring (bicyclic) bond motifs is 1. The lowest BCUT2D eigenvalue weighted by atomic mass is 9.85. The maximum Gasteiger partial charge on any atom is 0.144 e. The molecule has 4 rings (SSSR count). The third-order valence-corrected chi connectivity index (χ3v) is 8.23. The van der Waals surface area contributed by atoms with Gasteiger partial charge >= 0.3 is 0 Å². The number of halogens is 1. The molecule has 6 nitrogen and oxygen atoms in total. The molecule has 3 N–H and O–H groups in total. The van der Waals surface area contributed by atoms with Crippen LogP contribution in [0, 0.1) is 12.7 Å². The van der Waals surface area contributed by atoms with E-state index in [2.05, 4.69) is 32.2 Å². The van der Waals surface area contributed by atoms with Gasteiger partial charge in [0.25, 0.3) is 0 Å². The molecule has 0 aromatic heterocycles. The van der Waals surface area contributed by atoms with Gasteiger partial charge in [0.15, 0.2) is 0 Å². The van der Waals surface area contributed by atoms with Crippen molar-refractivity contribution in [2.24, 2.45) is 0 Å². The van der Waals surface area contributed by atoms with E-state index in [-0.39, 0.29) is 18.0 Å². The number of methoxy groups -OCH3 is 1. The van der Waals surface area contributed by atoms with Crippen molar-refractivity contribution in [1.82, 2.24) is 0 Å². The first-order chi connectivity index (χ1) is 17.8. The molecule has 0 radical (unpaired) electrons. The van der Waals surface area contributed by atoms with Crippen molar-refractivity contribution in [2.45, 2.75) is 58.9 Å². The highest BCUT2D eigenvalue weighted by Crippen LogP contribution is 2.48. The van der Waals surface area contributed by atoms with Crippen LogP contribution in [0.5, 0.6) is 17.2 Å². The highest BCUT2D eigenvalue weighted by Gasteiger charge is 2.28. The predicted octanol–water partition coefficient (Wildman–Crippen LogP) is 8.45. The normalized spacial score (nSPS) is 14.9. The number of hydrogen-bond acceptors (Lipinski definition) is 6. The molecule has 0 unspecified atom stereocenters. The summed E-state index contributed by atoms with van der Waals surface area (Å²) < 4.78 is 52.0. The van der Waals surface area contributed by atoms with Gasteiger partial charge in [-0.25, -0.2) is 4.39 Å². The first-order valence-electron chi connectivity index (χ1n) is 12.5. The second-order valence-corrected chi connectivity index (χ2v) is 12.6. The summed E-state index contributed by atoms with van der Waals surface area (Å²) in [6, 6.07) is 13.7. The van der Waals surface area contributed by atoms with Crippen LogP contribution in [0.15, 0.2) is 54.6 Å². The summed E-state index contributed by atoms with van der Waals surface area (Å²) in [6.07, 6.45) is 2.18. The van der Waals surface area contributed by atoms with Crippen LogP contribution in [0.2, 0.25) is 0 Å². The van der Waals surface area contributed by atoms with E-state index in [0.717, 1.165) is 39.1 Å². The van der Waals surface area contributed by atoms with E-state index in [1.807, 2.05) is 25.1 Å². The van der Waals surface area contributed by atoms with Gasteiger partial charge < -0.3 is 19.0 Å². The summed E-state index contributed by atoms with van der Waals surface area (Å²) >= 11 is 0. The summed E-state index contributed by atoms with van der Waals surface area (Å²) in [7, 11) is -1.70. The number of rotatable bonds is 8. The van der Waals surface area contributed by atoms with E-state index in [1.165, 1.54) is 12.1 Å². The van der Waals surface area contributed by atoms with Crippen molar-refractivity contribution in [3.8, 4) is 28.4 Å². The third kappa shape index (κ3) is 5.77. The minimum atomic E-state index is -3.26. The number of anilines is 1. The van der Waals surface area contributed by atoms with Gasteiger partial charge in [-0.2, -0.15) is 0 Å². The molecular weight excluding hydrogens is 505 g/mol. The van der Waals surface area contributed by atoms with E-state index in [9.17, 15) is 13.5 Å². The van der Waals surface area contributed by atoms with Gasteiger partial charge in [0.1, 0.15) is 40.5 Å². The largest absolute Gasteiger partial charge is 0.496 e. The smallest absolute Gasteiger partial charge is 0.144 e. The molecule has 0 atom stereocenters. The SMILES string of the molecule is COc1cc(OS(O)(O)C(C)C)ccc1-c1ccc2c(c1COc1cc(F)ccc1C)C(C)=CC(C)(C)N2.